The Morgan fingerprint density at radius 1 is 1.19 bits per heavy atom. The zero-order valence-corrected chi connectivity index (χ0v) is 21.2. The minimum absolute atomic E-state index is 0.0294. The van der Waals surface area contributed by atoms with Gasteiger partial charge in [0.05, 0.1) is 16.9 Å². The molecule has 0 spiro atoms. The molecule has 0 radical (unpaired) electrons. The average molecular weight is 513 g/mol. The molecule has 2 aromatic heterocycles. The van der Waals surface area contributed by atoms with Crippen LogP contribution < -0.4 is 4.90 Å². The maximum absolute atomic E-state index is 13.8. The Labute approximate surface area is 214 Å². The van der Waals surface area contributed by atoms with Crippen molar-refractivity contribution in [3.63, 3.8) is 0 Å². The predicted octanol–water partition coefficient (Wildman–Crippen LogP) is 3.57. The molecule has 11 heteroatoms. The molecule has 36 heavy (non-hydrogen) atoms. The van der Waals surface area contributed by atoms with Crippen LogP contribution in [0.2, 0.25) is 5.02 Å². The molecule has 4 heterocycles. The van der Waals surface area contributed by atoms with Gasteiger partial charge in [0, 0.05) is 50.4 Å². The first-order valence-electron chi connectivity index (χ1n) is 12.4. The SMILES string of the molecule is CC[C@H]1CN(c2ncc(-c3nc[nH]n3)nc2C)CCN1C1CCN(C(=O)c2ccc(Cl)c(F)c2)CC1. The summed E-state index contributed by atoms with van der Waals surface area (Å²) in [5, 5.41) is 6.83. The molecule has 2 fully saturated rings. The van der Waals surface area contributed by atoms with Crippen LogP contribution in [0.3, 0.4) is 0 Å². The number of nitrogens with zero attached hydrogens (tertiary/aromatic N) is 7. The van der Waals surface area contributed by atoms with E-state index in [1.165, 1.54) is 18.5 Å². The molecular formula is C25H30ClFN8O. The Bertz CT molecular complexity index is 1210. The third kappa shape index (κ3) is 4.92. The normalized spacial score (nSPS) is 19.6. The Morgan fingerprint density at radius 3 is 2.67 bits per heavy atom. The number of anilines is 1. The molecule has 2 aliphatic heterocycles. The van der Waals surface area contributed by atoms with Crippen molar-refractivity contribution in [3.05, 3.63) is 52.8 Å². The van der Waals surface area contributed by atoms with Crippen LogP contribution in [0.15, 0.2) is 30.7 Å². The van der Waals surface area contributed by atoms with Gasteiger partial charge in [0.1, 0.15) is 23.7 Å². The monoisotopic (exact) mass is 512 g/mol. The highest BCUT2D eigenvalue weighted by atomic mass is 35.5. The quantitative estimate of drug-likeness (QED) is 0.558. The number of piperidine rings is 1. The Hall–Kier alpha value is -3.11. The smallest absolute Gasteiger partial charge is 0.253 e. The summed E-state index contributed by atoms with van der Waals surface area (Å²) in [5.74, 6) is 0.749. The van der Waals surface area contributed by atoms with E-state index in [1.54, 1.807) is 12.3 Å². The van der Waals surface area contributed by atoms with E-state index in [-0.39, 0.29) is 10.9 Å². The number of carbonyl (C=O) groups is 1. The number of benzene rings is 1. The van der Waals surface area contributed by atoms with Crippen LogP contribution in [-0.2, 0) is 0 Å². The molecule has 1 aromatic carbocycles. The molecule has 2 saturated heterocycles. The first kappa shape index (κ1) is 24.6. The fraction of sp³-hybridized carbons (Fsp3) is 0.480. The number of hydrogen-bond donors (Lipinski definition) is 1. The van der Waals surface area contributed by atoms with Crippen LogP contribution in [0, 0.1) is 12.7 Å². The molecule has 9 nitrogen and oxygen atoms in total. The van der Waals surface area contributed by atoms with Gasteiger partial charge in [-0.1, -0.05) is 18.5 Å². The van der Waals surface area contributed by atoms with Crippen molar-refractivity contribution in [1.29, 1.82) is 0 Å². The number of likely N-dealkylation sites (tertiary alicyclic amines) is 1. The van der Waals surface area contributed by atoms with Gasteiger partial charge >= 0.3 is 0 Å². The van der Waals surface area contributed by atoms with E-state index in [9.17, 15) is 9.18 Å². The molecule has 2 aliphatic rings. The number of amides is 1. The summed E-state index contributed by atoms with van der Waals surface area (Å²) in [6.45, 7) is 8.22. The van der Waals surface area contributed by atoms with Crippen LogP contribution in [-0.4, -0.2) is 85.7 Å². The van der Waals surface area contributed by atoms with E-state index >= 15 is 0 Å². The van der Waals surface area contributed by atoms with Crippen molar-refractivity contribution >= 4 is 23.3 Å². The van der Waals surface area contributed by atoms with Crippen molar-refractivity contribution in [3.8, 4) is 11.5 Å². The lowest BCUT2D eigenvalue weighted by molar-refractivity contribution is 0.0490. The molecule has 0 saturated carbocycles. The van der Waals surface area contributed by atoms with Gasteiger partial charge in [-0.05, 0) is 44.4 Å². The summed E-state index contributed by atoms with van der Waals surface area (Å²) in [7, 11) is 0. The van der Waals surface area contributed by atoms with E-state index in [1.807, 2.05) is 11.8 Å². The third-order valence-electron chi connectivity index (χ3n) is 7.25. The van der Waals surface area contributed by atoms with Crippen molar-refractivity contribution in [1.82, 2.24) is 34.9 Å². The fourth-order valence-corrected chi connectivity index (χ4v) is 5.46. The van der Waals surface area contributed by atoms with Gasteiger partial charge in [0.25, 0.3) is 5.91 Å². The van der Waals surface area contributed by atoms with E-state index in [0.717, 1.165) is 50.4 Å². The van der Waals surface area contributed by atoms with Crippen molar-refractivity contribution in [2.75, 3.05) is 37.6 Å². The second-order valence-corrected chi connectivity index (χ2v) is 9.79. The number of carbonyl (C=O) groups excluding carboxylic acids is 1. The van der Waals surface area contributed by atoms with E-state index in [4.69, 9.17) is 16.6 Å². The molecule has 1 amide bonds. The molecule has 0 unspecified atom stereocenters. The molecule has 190 valence electrons. The van der Waals surface area contributed by atoms with Crippen LogP contribution in [0.1, 0.15) is 42.2 Å². The summed E-state index contributed by atoms with van der Waals surface area (Å²) in [6, 6.07) is 5.07. The first-order chi connectivity index (χ1) is 17.4. The highest BCUT2D eigenvalue weighted by Crippen LogP contribution is 2.28. The lowest BCUT2D eigenvalue weighted by atomic mass is 9.97. The molecular weight excluding hydrogens is 483 g/mol. The van der Waals surface area contributed by atoms with Crippen molar-refractivity contribution in [2.24, 2.45) is 0 Å². The number of aromatic amines is 1. The topological polar surface area (TPSA) is 94.1 Å². The molecule has 1 N–H and O–H groups in total. The summed E-state index contributed by atoms with van der Waals surface area (Å²) in [6.07, 6.45) is 6.10. The Balaban J connectivity index is 1.20. The Morgan fingerprint density at radius 2 is 2.00 bits per heavy atom. The van der Waals surface area contributed by atoms with Gasteiger partial charge in [-0.25, -0.2) is 19.3 Å². The first-order valence-corrected chi connectivity index (χ1v) is 12.8. The zero-order valence-electron chi connectivity index (χ0n) is 20.5. The molecule has 3 aromatic rings. The van der Waals surface area contributed by atoms with Gasteiger partial charge in [0.2, 0.25) is 5.82 Å². The minimum Gasteiger partial charge on any atom is -0.352 e. The molecule has 0 bridgehead atoms. The minimum atomic E-state index is -0.562. The molecule has 1 atom stereocenters. The van der Waals surface area contributed by atoms with Crippen LogP contribution in [0.5, 0.6) is 0 Å². The van der Waals surface area contributed by atoms with E-state index < -0.39 is 5.82 Å². The number of aryl methyl sites for hydroxylation is 1. The maximum Gasteiger partial charge on any atom is 0.253 e. The lowest BCUT2D eigenvalue weighted by Crippen LogP contribution is -2.58. The van der Waals surface area contributed by atoms with Gasteiger partial charge in [0.15, 0.2) is 0 Å². The number of rotatable bonds is 5. The van der Waals surface area contributed by atoms with Gasteiger partial charge in [-0.2, -0.15) is 5.10 Å². The summed E-state index contributed by atoms with van der Waals surface area (Å²) >= 11 is 5.77. The van der Waals surface area contributed by atoms with Crippen molar-refractivity contribution < 1.29 is 9.18 Å². The van der Waals surface area contributed by atoms with Crippen molar-refractivity contribution in [2.45, 2.75) is 45.2 Å². The number of halogens is 2. The highest BCUT2D eigenvalue weighted by molar-refractivity contribution is 6.30. The lowest BCUT2D eigenvalue weighted by Gasteiger charge is -2.47. The maximum atomic E-state index is 13.8. The highest BCUT2D eigenvalue weighted by Gasteiger charge is 2.35. The van der Waals surface area contributed by atoms with E-state index in [2.05, 4.69) is 36.9 Å². The number of nitrogens with one attached hydrogen (secondary N) is 1. The van der Waals surface area contributed by atoms with Crippen LogP contribution in [0.25, 0.3) is 11.5 Å². The summed E-state index contributed by atoms with van der Waals surface area (Å²) < 4.78 is 13.8. The number of H-pyrrole nitrogens is 1. The van der Waals surface area contributed by atoms with Gasteiger partial charge in [-0.3, -0.25) is 14.8 Å². The van der Waals surface area contributed by atoms with E-state index in [0.29, 0.717) is 42.3 Å². The molecule has 5 rings (SSSR count). The average Bonchev–Trinajstić information content (AvgIpc) is 3.45. The third-order valence-corrected chi connectivity index (χ3v) is 7.56. The second kappa shape index (κ2) is 10.5. The van der Waals surface area contributed by atoms with Crippen LogP contribution in [0.4, 0.5) is 10.2 Å². The Kier molecular flexibility index (Phi) is 7.15. The van der Waals surface area contributed by atoms with Gasteiger partial charge < -0.3 is 9.80 Å². The zero-order chi connectivity index (χ0) is 25.2. The standard InChI is InChI=1S/C25H30ClFN8O/c1-3-18-14-34(24-16(2)31-22(13-28-24)23-29-15-30-32-23)10-11-35(18)19-6-8-33(9-7-19)25(36)17-4-5-20(26)21(27)12-17/h4-5,12-13,15,18-19H,3,6-11,14H2,1-2H3,(H,29,30,32)/t18-/m0/s1. The number of hydrogen-bond acceptors (Lipinski definition) is 7. The van der Waals surface area contributed by atoms with Gasteiger partial charge in [-0.15, -0.1) is 0 Å². The summed E-state index contributed by atoms with van der Waals surface area (Å²) in [5.41, 5.74) is 1.87. The second-order valence-electron chi connectivity index (χ2n) is 9.39. The summed E-state index contributed by atoms with van der Waals surface area (Å²) in [4.78, 5) is 33.2. The fourth-order valence-electron chi connectivity index (χ4n) is 5.34. The number of piperazine rings is 1. The molecule has 0 aliphatic carbocycles. The van der Waals surface area contributed by atoms with Crippen LogP contribution >= 0.6 is 11.6 Å². The number of aromatic nitrogens is 5. The largest absolute Gasteiger partial charge is 0.352 e. The predicted molar refractivity (Wildman–Crippen MR) is 135 cm³/mol.